The first kappa shape index (κ1) is 10.7. The van der Waals surface area contributed by atoms with Crippen LogP contribution in [0.5, 0.6) is 0 Å². The first-order valence-electron chi connectivity index (χ1n) is 4.03. The lowest BCUT2D eigenvalue weighted by atomic mass is 10.1. The molecule has 0 saturated heterocycles. The smallest absolute Gasteiger partial charge is 0.225 e. The second-order valence-corrected chi connectivity index (χ2v) is 4.34. The van der Waals surface area contributed by atoms with Crippen LogP contribution in [0.2, 0.25) is 0 Å². The van der Waals surface area contributed by atoms with Gasteiger partial charge in [-0.05, 0) is 18.1 Å². The molecule has 1 aromatic rings. The predicted octanol–water partition coefficient (Wildman–Crippen LogP) is 0.790. The van der Waals surface area contributed by atoms with Gasteiger partial charge in [0.15, 0.2) is 0 Å². The van der Waals surface area contributed by atoms with Crippen LogP contribution in [-0.4, -0.2) is 8.42 Å². The van der Waals surface area contributed by atoms with Gasteiger partial charge >= 0.3 is 0 Å². The molecular formula is C9H10N2O2S. The summed E-state index contributed by atoms with van der Waals surface area (Å²) in [4.78, 5) is 0.107. The topological polar surface area (TPSA) is 83.9 Å². The number of hydrogen-bond donors (Lipinski definition) is 1. The minimum atomic E-state index is -3.67. The zero-order valence-electron chi connectivity index (χ0n) is 7.47. The van der Waals surface area contributed by atoms with E-state index in [1.165, 1.54) is 6.07 Å². The second kappa shape index (κ2) is 4.22. The van der Waals surface area contributed by atoms with Crippen LogP contribution in [0.25, 0.3) is 0 Å². The Balaban J connectivity index is 3.12. The van der Waals surface area contributed by atoms with E-state index >= 15 is 0 Å². The molecule has 74 valence electrons. The van der Waals surface area contributed by atoms with Crippen LogP contribution in [0.15, 0.2) is 29.2 Å². The summed E-state index contributed by atoms with van der Waals surface area (Å²) in [5, 5.41) is 13.4. The number of rotatable bonds is 3. The molecule has 0 amide bonds. The van der Waals surface area contributed by atoms with Gasteiger partial charge in [-0.15, -0.1) is 0 Å². The van der Waals surface area contributed by atoms with Gasteiger partial charge in [0.25, 0.3) is 0 Å². The second-order valence-electron chi connectivity index (χ2n) is 2.81. The number of hydrogen-bond acceptors (Lipinski definition) is 3. The molecule has 4 nitrogen and oxygen atoms in total. The average Bonchev–Trinajstić information content (AvgIpc) is 2.14. The van der Waals surface area contributed by atoms with Crippen molar-refractivity contribution in [1.29, 1.82) is 5.26 Å². The van der Waals surface area contributed by atoms with E-state index in [4.69, 9.17) is 10.4 Å². The molecule has 0 radical (unpaired) electrons. The lowest BCUT2D eigenvalue weighted by Gasteiger charge is -2.04. The Bertz CT molecular complexity index is 460. The fraction of sp³-hybridized carbons (Fsp3) is 0.222. The van der Waals surface area contributed by atoms with Crippen molar-refractivity contribution in [3.05, 3.63) is 29.8 Å². The van der Waals surface area contributed by atoms with Crippen molar-refractivity contribution < 1.29 is 8.42 Å². The molecule has 0 heterocycles. The summed E-state index contributed by atoms with van der Waals surface area (Å²) in [5.41, 5.74) is 0.594. The van der Waals surface area contributed by atoms with E-state index in [0.717, 1.165) is 0 Å². The molecular weight excluding hydrogens is 200 g/mol. The maximum Gasteiger partial charge on any atom is 0.238 e. The van der Waals surface area contributed by atoms with Gasteiger partial charge in [0.1, 0.15) is 0 Å². The summed E-state index contributed by atoms with van der Waals surface area (Å²) in [6, 6.07) is 8.40. The molecule has 0 bridgehead atoms. The molecule has 0 unspecified atom stereocenters. The van der Waals surface area contributed by atoms with Crippen molar-refractivity contribution in [2.45, 2.75) is 17.7 Å². The van der Waals surface area contributed by atoms with Crippen molar-refractivity contribution in [2.75, 3.05) is 0 Å². The van der Waals surface area contributed by atoms with E-state index in [2.05, 4.69) is 0 Å². The molecule has 1 aromatic carbocycles. The molecule has 0 spiro atoms. The highest BCUT2D eigenvalue weighted by Gasteiger charge is 2.11. The number of benzene rings is 1. The maximum absolute atomic E-state index is 11.1. The summed E-state index contributed by atoms with van der Waals surface area (Å²) in [5.74, 6) is 0. The largest absolute Gasteiger partial charge is 0.238 e. The highest BCUT2D eigenvalue weighted by atomic mass is 32.2. The van der Waals surface area contributed by atoms with Crippen LogP contribution in [-0.2, 0) is 16.4 Å². The lowest BCUT2D eigenvalue weighted by Crippen LogP contribution is -2.14. The summed E-state index contributed by atoms with van der Waals surface area (Å²) < 4.78 is 22.2. The molecule has 2 N–H and O–H groups in total. The van der Waals surface area contributed by atoms with Crippen LogP contribution in [0.4, 0.5) is 0 Å². The number of nitrogens with zero attached hydrogens (tertiary/aromatic N) is 1. The summed E-state index contributed by atoms with van der Waals surface area (Å²) in [6.45, 7) is 0. The van der Waals surface area contributed by atoms with Crippen LogP contribution < -0.4 is 5.14 Å². The van der Waals surface area contributed by atoms with Gasteiger partial charge < -0.3 is 0 Å². The highest BCUT2D eigenvalue weighted by Crippen LogP contribution is 2.14. The Kier molecular flexibility index (Phi) is 3.23. The van der Waals surface area contributed by atoms with Gasteiger partial charge in [-0.25, -0.2) is 13.6 Å². The van der Waals surface area contributed by atoms with Crippen LogP contribution in [0, 0.1) is 11.3 Å². The molecule has 0 aliphatic rings. The standard InChI is InChI=1S/C9H10N2O2S/c10-7-3-5-8-4-1-2-6-9(8)14(11,12)13/h1-2,4,6H,3,5H2,(H2,11,12,13). The zero-order valence-corrected chi connectivity index (χ0v) is 8.29. The van der Waals surface area contributed by atoms with E-state index < -0.39 is 10.0 Å². The third kappa shape index (κ3) is 2.55. The monoisotopic (exact) mass is 210 g/mol. The lowest BCUT2D eigenvalue weighted by molar-refractivity contribution is 0.596. The quantitative estimate of drug-likeness (QED) is 0.800. The Hall–Kier alpha value is -1.38. The molecule has 0 aromatic heterocycles. The van der Waals surface area contributed by atoms with Crippen molar-refractivity contribution >= 4 is 10.0 Å². The van der Waals surface area contributed by atoms with Crippen molar-refractivity contribution in [3.8, 4) is 6.07 Å². The highest BCUT2D eigenvalue weighted by molar-refractivity contribution is 7.89. The number of nitrogens with two attached hydrogens (primary N) is 1. The van der Waals surface area contributed by atoms with Gasteiger partial charge in [0, 0.05) is 6.42 Å². The van der Waals surface area contributed by atoms with Crippen LogP contribution in [0.1, 0.15) is 12.0 Å². The van der Waals surface area contributed by atoms with E-state index in [9.17, 15) is 8.42 Å². The van der Waals surface area contributed by atoms with E-state index in [-0.39, 0.29) is 11.3 Å². The Labute approximate surface area is 83.0 Å². The van der Waals surface area contributed by atoms with E-state index in [1.54, 1.807) is 18.2 Å². The molecule has 1 rings (SSSR count). The molecule has 5 heteroatoms. The SMILES string of the molecule is N#CCCc1ccccc1S(N)(=O)=O. The third-order valence-electron chi connectivity index (χ3n) is 1.79. The normalized spacial score (nSPS) is 10.9. The molecule has 0 aliphatic carbocycles. The van der Waals surface area contributed by atoms with Gasteiger partial charge in [-0.2, -0.15) is 5.26 Å². The number of primary sulfonamides is 1. The molecule has 14 heavy (non-hydrogen) atoms. The minimum Gasteiger partial charge on any atom is -0.225 e. The Morgan fingerprint density at radius 2 is 2.00 bits per heavy atom. The summed E-state index contributed by atoms with van der Waals surface area (Å²) in [6.07, 6.45) is 0.690. The van der Waals surface area contributed by atoms with Crippen molar-refractivity contribution in [3.63, 3.8) is 0 Å². The first-order chi connectivity index (χ1) is 6.55. The number of sulfonamides is 1. The predicted molar refractivity (Wildman–Crippen MR) is 51.7 cm³/mol. The van der Waals surface area contributed by atoms with E-state index in [1.807, 2.05) is 6.07 Å². The summed E-state index contributed by atoms with van der Waals surface area (Å²) in [7, 11) is -3.67. The van der Waals surface area contributed by atoms with Gasteiger partial charge in [-0.1, -0.05) is 18.2 Å². The van der Waals surface area contributed by atoms with E-state index in [0.29, 0.717) is 12.0 Å². The van der Waals surface area contributed by atoms with Crippen molar-refractivity contribution in [1.82, 2.24) is 0 Å². The third-order valence-corrected chi connectivity index (χ3v) is 2.80. The number of nitriles is 1. The first-order valence-corrected chi connectivity index (χ1v) is 5.58. The fourth-order valence-electron chi connectivity index (χ4n) is 1.18. The fourth-order valence-corrected chi connectivity index (χ4v) is 1.98. The Morgan fingerprint density at radius 3 is 2.57 bits per heavy atom. The van der Waals surface area contributed by atoms with Gasteiger partial charge in [0.05, 0.1) is 11.0 Å². The van der Waals surface area contributed by atoms with Crippen LogP contribution in [0.3, 0.4) is 0 Å². The number of aryl methyl sites for hydroxylation is 1. The average molecular weight is 210 g/mol. The van der Waals surface area contributed by atoms with Crippen LogP contribution >= 0.6 is 0 Å². The Morgan fingerprint density at radius 1 is 1.36 bits per heavy atom. The zero-order chi connectivity index (χ0) is 10.6. The maximum atomic E-state index is 11.1. The van der Waals surface area contributed by atoms with Gasteiger partial charge in [-0.3, -0.25) is 0 Å². The van der Waals surface area contributed by atoms with Gasteiger partial charge in [0.2, 0.25) is 10.0 Å². The molecule has 0 saturated carbocycles. The molecule has 0 fully saturated rings. The molecule has 0 aliphatic heterocycles. The molecule has 0 atom stereocenters. The van der Waals surface area contributed by atoms with Crippen molar-refractivity contribution in [2.24, 2.45) is 5.14 Å². The summed E-state index contributed by atoms with van der Waals surface area (Å²) >= 11 is 0. The minimum absolute atomic E-state index is 0.107.